The fraction of sp³-hybridized carbons (Fsp3) is 0.154. The number of hydrogen-bond donors (Lipinski definition) is 0. The molecular formula is C13H11O2-. The Labute approximate surface area is 88.9 Å². The molecule has 1 aromatic carbocycles. The normalized spacial score (nSPS) is 15.3. The van der Waals surface area contributed by atoms with Crippen molar-refractivity contribution in [2.24, 2.45) is 0 Å². The van der Waals surface area contributed by atoms with E-state index >= 15 is 0 Å². The summed E-state index contributed by atoms with van der Waals surface area (Å²) in [5.41, 5.74) is 1.95. The molecule has 0 aliphatic carbocycles. The Hall–Kier alpha value is -1.83. The highest BCUT2D eigenvalue weighted by molar-refractivity contribution is 5.71. The summed E-state index contributed by atoms with van der Waals surface area (Å²) in [7, 11) is 0. The molecular weight excluding hydrogens is 188 g/mol. The van der Waals surface area contributed by atoms with Gasteiger partial charge in [-0.3, -0.25) is 6.29 Å². The lowest BCUT2D eigenvalue weighted by molar-refractivity contribution is 0.399. The van der Waals surface area contributed by atoms with Gasteiger partial charge in [0.1, 0.15) is 11.5 Å². The van der Waals surface area contributed by atoms with Crippen LogP contribution < -0.4 is 0 Å². The number of benzene rings is 1. The highest BCUT2D eigenvalue weighted by Crippen LogP contribution is 2.34. The predicted octanol–water partition coefficient (Wildman–Crippen LogP) is 2.83. The third kappa shape index (κ3) is 1.99. The van der Waals surface area contributed by atoms with E-state index in [4.69, 9.17) is 4.74 Å². The van der Waals surface area contributed by atoms with Gasteiger partial charge in [-0.2, -0.15) is 0 Å². The van der Waals surface area contributed by atoms with Gasteiger partial charge in [0, 0.05) is 12.0 Å². The summed E-state index contributed by atoms with van der Waals surface area (Å²) < 4.78 is 5.52. The first-order chi connectivity index (χ1) is 7.31. The van der Waals surface area contributed by atoms with Crippen LogP contribution in [0.25, 0.3) is 5.76 Å². The zero-order chi connectivity index (χ0) is 10.7. The first-order valence-corrected chi connectivity index (χ1v) is 4.79. The molecule has 1 aliphatic rings. The molecule has 76 valence electrons. The molecule has 1 aliphatic heterocycles. The lowest BCUT2D eigenvalue weighted by Crippen LogP contribution is -1.87. The van der Waals surface area contributed by atoms with E-state index in [1.807, 2.05) is 36.6 Å². The van der Waals surface area contributed by atoms with Crippen LogP contribution in [0.4, 0.5) is 0 Å². The van der Waals surface area contributed by atoms with Crippen molar-refractivity contribution in [3.63, 3.8) is 0 Å². The van der Waals surface area contributed by atoms with E-state index < -0.39 is 0 Å². The van der Waals surface area contributed by atoms with E-state index in [1.54, 1.807) is 0 Å². The van der Waals surface area contributed by atoms with Crippen LogP contribution in [0.15, 0.2) is 48.2 Å². The molecule has 2 rings (SSSR count). The third-order valence-electron chi connectivity index (χ3n) is 2.30. The predicted molar refractivity (Wildman–Crippen MR) is 58.5 cm³/mol. The number of rotatable bonds is 3. The van der Waals surface area contributed by atoms with Crippen LogP contribution in [0.5, 0.6) is 0 Å². The monoisotopic (exact) mass is 199 g/mol. The maximum atomic E-state index is 10.4. The fourth-order valence-electron chi connectivity index (χ4n) is 1.65. The highest BCUT2D eigenvalue weighted by Gasteiger charge is 2.17. The summed E-state index contributed by atoms with van der Waals surface area (Å²) in [5.74, 6) is 1.46. The van der Waals surface area contributed by atoms with Crippen molar-refractivity contribution in [2.75, 3.05) is 0 Å². The first-order valence-electron chi connectivity index (χ1n) is 4.79. The SMILES string of the molecule is C=C1CC(C[C-]=O)=C(c2ccccc2)O1. The van der Waals surface area contributed by atoms with Gasteiger partial charge in [0.2, 0.25) is 0 Å². The van der Waals surface area contributed by atoms with E-state index in [0.29, 0.717) is 18.6 Å². The van der Waals surface area contributed by atoms with E-state index in [-0.39, 0.29) is 0 Å². The van der Waals surface area contributed by atoms with Crippen LogP contribution in [0.2, 0.25) is 0 Å². The van der Waals surface area contributed by atoms with E-state index in [1.165, 1.54) is 0 Å². The largest absolute Gasteiger partial charge is 0.541 e. The van der Waals surface area contributed by atoms with Crippen LogP contribution >= 0.6 is 0 Å². The van der Waals surface area contributed by atoms with Crippen LogP contribution in [0, 0.1) is 0 Å². The second kappa shape index (κ2) is 4.13. The molecule has 2 heteroatoms. The average molecular weight is 199 g/mol. The zero-order valence-corrected chi connectivity index (χ0v) is 8.32. The van der Waals surface area contributed by atoms with Gasteiger partial charge in [0.25, 0.3) is 0 Å². The Kier molecular flexibility index (Phi) is 2.68. The van der Waals surface area contributed by atoms with Crippen molar-refractivity contribution in [1.29, 1.82) is 0 Å². The van der Waals surface area contributed by atoms with Crippen LogP contribution in [-0.4, -0.2) is 6.29 Å². The van der Waals surface area contributed by atoms with Crippen molar-refractivity contribution >= 4 is 12.0 Å². The molecule has 0 spiro atoms. The molecule has 0 saturated heterocycles. The van der Waals surface area contributed by atoms with E-state index in [2.05, 4.69) is 6.58 Å². The minimum Gasteiger partial charge on any atom is -0.541 e. The molecule has 0 unspecified atom stereocenters. The zero-order valence-electron chi connectivity index (χ0n) is 8.32. The topological polar surface area (TPSA) is 26.3 Å². The number of carbonyl (C=O) groups excluding carboxylic acids is 1. The van der Waals surface area contributed by atoms with Crippen LogP contribution in [0.1, 0.15) is 18.4 Å². The van der Waals surface area contributed by atoms with Crippen LogP contribution in [0.3, 0.4) is 0 Å². The quantitative estimate of drug-likeness (QED) is 0.700. The number of hydrogen-bond acceptors (Lipinski definition) is 2. The van der Waals surface area contributed by atoms with Crippen LogP contribution in [-0.2, 0) is 9.53 Å². The highest BCUT2D eigenvalue weighted by atomic mass is 16.5. The van der Waals surface area contributed by atoms with Gasteiger partial charge >= 0.3 is 0 Å². The van der Waals surface area contributed by atoms with Crippen molar-refractivity contribution < 1.29 is 9.53 Å². The van der Waals surface area contributed by atoms with Crippen molar-refractivity contribution in [3.05, 3.63) is 53.8 Å². The standard InChI is InChI=1S/C13H11O2/c1-10-9-12(7-8-14)13(15-10)11-5-3-2-4-6-11/h2-6H,1,7,9H2/q-1. The average Bonchev–Trinajstić information content (AvgIpc) is 2.62. The molecule has 0 aromatic heterocycles. The van der Waals surface area contributed by atoms with Gasteiger partial charge in [0.05, 0.1) is 0 Å². The van der Waals surface area contributed by atoms with Gasteiger partial charge < -0.3 is 9.53 Å². The van der Waals surface area contributed by atoms with Crippen molar-refractivity contribution in [2.45, 2.75) is 12.8 Å². The molecule has 0 fully saturated rings. The molecule has 0 amide bonds. The Balaban J connectivity index is 2.37. The summed E-state index contributed by atoms with van der Waals surface area (Å²) in [4.78, 5) is 10.4. The maximum absolute atomic E-state index is 10.4. The summed E-state index contributed by atoms with van der Waals surface area (Å²) in [5, 5.41) is 0. The molecule has 1 heterocycles. The van der Waals surface area contributed by atoms with Gasteiger partial charge in [-0.15, -0.1) is 6.42 Å². The molecule has 0 N–H and O–H groups in total. The molecule has 1 aromatic rings. The Bertz CT molecular complexity index is 415. The third-order valence-corrected chi connectivity index (χ3v) is 2.30. The maximum Gasteiger partial charge on any atom is 0.131 e. The fourth-order valence-corrected chi connectivity index (χ4v) is 1.65. The minimum absolute atomic E-state index is 0.295. The number of allylic oxidation sites excluding steroid dienone is 1. The Morgan fingerprint density at radius 2 is 2.07 bits per heavy atom. The smallest absolute Gasteiger partial charge is 0.131 e. The Morgan fingerprint density at radius 1 is 1.33 bits per heavy atom. The second-order valence-electron chi connectivity index (χ2n) is 3.44. The van der Waals surface area contributed by atoms with Gasteiger partial charge in [-0.25, -0.2) is 0 Å². The molecule has 15 heavy (non-hydrogen) atoms. The number of ether oxygens (including phenoxy) is 1. The van der Waals surface area contributed by atoms with Crippen molar-refractivity contribution in [1.82, 2.24) is 0 Å². The summed E-state index contributed by atoms with van der Waals surface area (Å²) in [6, 6.07) is 9.74. The van der Waals surface area contributed by atoms with Gasteiger partial charge in [0.15, 0.2) is 0 Å². The Morgan fingerprint density at radius 3 is 2.73 bits per heavy atom. The lowest BCUT2D eigenvalue weighted by atomic mass is 10.1. The van der Waals surface area contributed by atoms with Crippen molar-refractivity contribution in [3.8, 4) is 0 Å². The summed E-state index contributed by atoms with van der Waals surface area (Å²) in [6.45, 7) is 3.77. The molecule has 2 nitrogen and oxygen atoms in total. The van der Waals surface area contributed by atoms with Gasteiger partial charge in [-0.1, -0.05) is 36.9 Å². The summed E-state index contributed by atoms with van der Waals surface area (Å²) >= 11 is 0. The molecule has 0 atom stereocenters. The second-order valence-corrected chi connectivity index (χ2v) is 3.44. The molecule has 0 radical (unpaired) electrons. The molecule has 0 saturated carbocycles. The summed E-state index contributed by atoms with van der Waals surface area (Å²) in [6.07, 6.45) is 2.83. The molecule has 0 bridgehead atoms. The van der Waals surface area contributed by atoms with E-state index in [9.17, 15) is 4.79 Å². The first kappa shape index (κ1) is 9.71. The minimum atomic E-state index is 0.295. The van der Waals surface area contributed by atoms with Gasteiger partial charge in [-0.05, 0) is 5.57 Å². The lowest BCUT2D eigenvalue weighted by Gasteiger charge is -2.06. The van der Waals surface area contributed by atoms with E-state index in [0.717, 1.165) is 16.9 Å².